The highest BCUT2D eigenvalue weighted by Gasteiger charge is 2.21. The summed E-state index contributed by atoms with van der Waals surface area (Å²) in [7, 11) is 5.91. The van der Waals surface area contributed by atoms with Crippen molar-refractivity contribution < 1.29 is 4.79 Å². The average molecular weight is 351 g/mol. The van der Waals surface area contributed by atoms with Gasteiger partial charge in [0, 0.05) is 33.4 Å². The number of carbonyl (C=O) groups excluding carboxylic acids is 1. The molecular formula is C22H29N3O. The molecule has 138 valence electrons. The Hall–Kier alpha value is -2.49. The molecule has 1 N–H and O–H groups in total. The molecule has 4 nitrogen and oxygen atoms in total. The van der Waals surface area contributed by atoms with Crippen LogP contribution in [-0.4, -0.2) is 32.1 Å². The Balaban J connectivity index is 1.64. The molecule has 0 aromatic heterocycles. The minimum Gasteiger partial charge on any atom is -0.378 e. The quantitative estimate of drug-likeness (QED) is 0.831. The summed E-state index contributed by atoms with van der Waals surface area (Å²) >= 11 is 0. The summed E-state index contributed by atoms with van der Waals surface area (Å²) in [5.41, 5.74) is 4.95. The molecule has 0 heterocycles. The number of fused-ring (bicyclic) bond motifs is 1. The van der Waals surface area contributed by atoms with E-state index in [9.17, 15) is 4.79 Å². The van der Waals surface area contributed by atoms with Gasteiger partial charge in [-0.1, -0.05) is 42.8 Å². The van der Waals surface area contributed by atoms with Crippen molar-refractivity contribution in [1.82, 2.24) is 10.2 Å². The lowest BCUT2D eigenvalue weighted by atomic mass is 9.99. The van der Waals surface area contributed by atoms with E-state index in [-0.39, 0.29) is 12.1 Å². The number of urea groups is 1. The molecule has 26 heavy (non-hydrogen) atoms. The lowest BCUT2D eigenvalue weighted by Gasteiger charge is -2.24. The van der Waals surface area contributed by atoms with Crippen molar-refractivity contribution in [1.29, 1.82) is 0 Å². The molecule has 1 unspecified atom stereocenters. The van der Waals surface area contributed by atoms with Gasteiger partial charge in [-0.15, -0.1) is 0 Å². The minimum atomic E-state index is -0.0108. The third-order valence-corrected chi connectivity index (χ3v) is 5.14. The Morgan fingerprint density at radius 3 is 2.50 bits per heavy atom. The number of aryl methyl sites for hydroxylation is 1. The predicted molar refractivity (Wildman–Crippen MR) is 108 cm³/mol. The Labute approximate surface area is 156 Å². The van der Waals surface area contributed by atoms with Crippen LogP contribution >= 0.6 is 0 Å². The van der Waals surface area contributed by atoms with Crippen molar-refractivity contribution in [2.45, 2.75) is 38.3 Å². The van der Waals surface area contributed by atoms with Gasteiger partial charge in [-0.2, -0.15) is 0 Å². The monoisotopic (exact) mass is 351 g/mol. The Morgan fingerprint density at radius 1 is 1.04 bits per heavy atom. The number of hydrogen-bond acceptors (Lipinski definition) is 2. The molecule has 4 heteroatoms. The lowest BCUT2D eigenvalue weighted by Crippen LogP contribution is -2.39. The Morgan fingerprint density at radius 2 is 1.77 bits per heavy atom. The molecule has 2 aromatic rings. The molecule has 0 spiro atoms. The fraction of sp³-hybridized carbons (Fsp3) is 0.409. The number of amides is 2. The van der Waals surface area contributed by atoms with Gasteiger partial charge in [0.2, 0.25) is 0 Å². The van der Waals surface area contributed by atoms with Crippen molar-refractivity contribution in [3.63, 3.8) is 0 Å². The van der Waals surface area contributed by atoms with Gasteiger partial charge in [0.25, 0.3) is 0 Å². The summed E-state index contributed by atoms with van der Waals surface area (Å²) in [5, 5.41) is 3.24. The van der Waals surface area contributed by atoms with Gasteiger partial charge in [-0.05, 0) is 48.1 Å². The summed E-state index contributed by atoms with van der Waals surface area (Å²) in [6, 6.07) is 16.9. The van der Waals surface area contributed by atoms with E-state index >= 15 is 0 Å². The second-order valence-corrected chi connectivity index (χ2v) is 7.36. The molecule has 0 radical (unpaired) electrons. The van der Waals surface area contributed by atoms with Crippen LogP contribution < -0.4 is 10.2 Å². The van der Waals surface area contributed by atoms with Crippen LogP contribution in [-0.2, 0) is 13.0 Å². The topological polar surface area (TPSA) is 35.6 Å². The highest BCUT2D eigenvalue weighted by Crippen LogP contribution is 2.28. The van der Waals surface area contributed by atoms with Crippen LogP contribution in [0.5, 0.6) is 0 Å². The second kappa shape index (κ2) is 8.26. The molecule has 0 fully saturated rings. The first-order chi connectivity index (χ1) is 12.5. The standard InChI is InChI=1S/C22H29N3O/c1-24(2)19-14-12-17(13-15-19)16-25(3)22(26)23-21-11-7-5-9-18-8-4-6-10-20(18)21/h4,6,8,10,12-15,21H,5,7,9,11,16H2,1-3H3,(H,23,26). The Bertz CT molecular complexity index is 739. The predicted octanol–water partition coefficient (Wildman–Crippen LogP) is 4.36. The van der Waals surface area contributed by atoms with Gasteiger partial charge in [0.05, 0.1) is 6.04 Å². The van der Waals surface area contributed by atoms with E-state index in [0.717, 1.165) is 30.5 Å². The van der Waals surface area contributed by atoms with Crippen LogP contribution in [0, 0.1) is 0 Å². The fourth-order valence-electron chi connectivity index (χ4n) is 3.58. The number of hydrogen-bond donors (Lipinski definition) is 1. The van der Waals surface area contributed by atoms with E-state index in [1.807, 2.05) is 21.1 Å². The maximum absolute atomic E-state index is 12.7. The van der Waals surface area contributed by atoms with Crippen molar-refractivity contribution in [2.75, 3.05) is 26.0 Å². The van der Waals surface area contributed by atoms with Crippen molar-refractivity contribution in [2.24, 2.45) is 0 Å². The number of nitrogens with one attached hydrogen (secondary N) is 1. The third-order valence-electron chi connectivity index (χ3n) is 5.14. The first kappa shape index (κ1) is 18.3. The molecule has 0 saturated heterocycles. The highest BCUT2D eigenvalue weighted by molar-refractivity contribution is 5.74. The van der Waals surface area contributed by atoms with E-state index in [2.05, 4.69) is 58.7 Å². The average Bonchev–Trinajstić information content (AvgIpc) is 2.84. The second-order valence-electron chi connectivity index (χ2n) is 7.36. The van der Waals surface area contributed by atoms with E-state index < -0.39 is 0 Å². The molecule has 0 bridgehead atoms. The Kier molecular flexibility index (Phi) is 5.82. The zero-order chi connectivity index (χ0) is 18.5. The van der Waals surface area contributed by atoms with Crippen LogP contribution in [0.15, 0.2) is 48.5 Å². The van der Waals surface area contributed by atoms with Gasteiger partial charge in [0.1, 0.15) is 0 Å². The molecule has 1 atom stereocenters. The number of benzene rings is 2. The van der Waals surface area contributed by atoms with Gasteiger partial charge < -0.3 is 15.1 Å². The number of carbonyl (C=O) groups is 1. The SMILES string of the molecule is CN(Cc1ccc(N(C)C)cc1)C(=O)NC1CCCCc2ccccc21. The van der Waals surface area contributed by atoms with E-state index in [1.165, 1.54) is 17.5 Å². The highest BCUT2D eigenvalue weighted by atomic mass is 16.2. The third kappa shape index (κ3) is 4.37. The molecule has 1 aliphatic rings. The maximum atomic E-state index is 12.7. The minimum absolute atomic E-state index is 0.0108. The van der Waals surface area contributed by atoms with Crippen LogP contribution in [0.1, 0.15) is 42.0 Å². The van der Waals surface area contributed by atoms with E-state index in [1.54, 1.807) is 4.90 Å². The largest absolute Gasteiger partial charge is 0.378 e. The van der Waals surface area contributed by atoms with Gasteiger partial charge in [-0.25, -0.2) is 4.79 Å². The fourth-order valence-corrected chi connectivity index (χ4v) is 3.58. The van der Waals surface area contributed by atoms with Gasteiger partial charge >= 0.3 is 6.03 Å². The zero-order valence-corrected chi connectivity index (χ0v) is 16.0. The lowest BCUT2D eigenvalue weighted by molar-refractivity contribution is 0.202. The van der Waals surface area contributed by atoms with E-state index in [0.29, 0.717) is 6.54 Å². The van der Waals surface area contributed by atoms with Crippen LogP contribution in [0.25, 0.3) is 0 Å². The first-order valence-corrected chi connectivity index (χ1v) is 9.40. The molecule has 2 amide bonds. The summed E-state index contributed by atoms with van der Waals surface area (Å²) < 4.78 is 0. The zero-order valence-electron chi connectivity index (χ0n) is 16.0. The molecule has 0 aliphatic heterocycles. The first-order valence-electron chi connectivity index (χ1n) is 9.40. The normalized spacial score (nSPS) is 16.3. The molecule has 0 saturated carbocycles. The molecule has 2 aromatic carbocycles. The van der Waals surface area contributed by atoms with Crippen LogP contribution in [0.3, 0.4) is 0 Å². The molecule has 1 aliphatic carbocycles. The van der Waals surface area contributed by atoms with Gasteiger partial charge in [-0.3, -0.25) is 0 Å². The maximum Gasteiger partial charge on any atom is 0.317 e. The smallest absolute Gasteiger partial charge is 0.317 e. The van der Waals surface area contributed by atoms with E-state index in [4.69, 9.17) is 0 Å². The van der Waals surface area contributed by atoms with Crippen molar-refractivity contribution in [3.8, 4) is 0 Å². The molecule has 3 rings (SSSR count). The number of anilines is 1. The summed E-state index contributed by atoms with van der Waals surface area (Å²) in [5.74, 6) is 0. The van der Waals surface area contributed by atoms with Crippen LogP contribution in [0.2, 0.25) is 0 Å². The van der Waals surface area contributed by atoms with Gasteiger partial charge in [0.15, 0.2) is 0 Å². The van der Waals surface area contributed by atoms with Crippen molar-refractivity contribution in [3.05, 3.63) is 65.2 Å². The summed E-state index contributed by atoms with van der Waals surface area (Å²) in [6.45, 7) is 0.605. The summed E-state index contributed by atoms with van der Waals surface area (Å²) in [6.07, 6.45) is 4.46. The number of nitrogens with zero attached hydrogens (tertiary/aromatic N) is 2. The van der Waals surface area contributed by atoms with Crippen LogP contribution in [0.4, 0.5) is 10.5 Å². The van der Waals surface area contributed by atoms with Crippen molar-refractivity contribution >= 4 is 11.7 Å². The number of rotatable bonds is 4. The summed E-state index contributed by atoms with van der Waals surface area (Å²) in [4.78, 5) is 16.6. The molecular weight excluding hydrogens is 322 g/mol.